The van der Waals surface area contributed by atoms with Crippen molar-refractivity contribution >= 4 is 29.3 Å². The SMILES string of the molecule is Nc1nnc(Nc2c(Cl)cccc2C(F)(F)F)o1. The summed E-state index contributed by atoms with van der Waals surface area (Å²) in [5.74, 6) is 0. The Hall–Kier alpha value is -1.96. The van der Waals surface area contributed by atoms with Crippen molar-refractivity contribution < 1.29 is 17.6 Å². The highest BCUT2D eigenvalue weighted by Gasteiger charge is 2.34. The number of benzene rings is 1. The van der Waals surface area contributed by atoms with Gasteiger partial charge in [0.2, 0.25) is 0 Å². The van der Waals surface area contributed by atoms with Gasteiger partial charge in [0.25, 0.3) is 0 Å². The molecule has 3 N–H and O–H groups in total. The molecule has 0 fully saturated rings. The van der Waals surface area contributed by atoms with E-state index in [1.807, 2.05) is 0 Å². The first-order valence-electron chi connectivity index (χ1n) is 4.59. The molecule has 0 atom stereocenters. The zero-order valence-electron chi connectivity index (χ0n) is 8.62. The van der Waals surface area contributed by atoms with Crippen LogP contribution in [0.1, 0.15) is 5.56 Å². The summed E-state index contributed by atoms with van der Waals surface area (Å²) in [7, 11) is 0. The largest absolute Gasteiger partial charge is 0.418 e. The van der Waals surface area contributed by atoms with Gasteiger partial charge in [0.15, 0.2) is 0 Å². The van der Waals surface area contributed by atoms with E-state index in [0.717, 1.165) is 6.07 Å². The summed E-state index contributed by atoms with van der Waals surface area (Å²) < 4.78 is 43.0. The number of hydrogen-bond acceptors (Lipinski definition) is 5. The van der Waals surface area contributed by atoms with Crippen molar-refractivity contribution in [1.82, 2.24) is 10.2 Å². The molecule has 1 aromatic heterocycles. The Bertz CT molecular complexity index is 569. The van der Waals surface area contributed by atoms with Gasteiger partial charge in [0.1, 0.15) is 0 Å². The maximum Gasteiger partial charge on any atom is 0.418 e. The van der Waals surface area contributed by atoms with Gasteiger partial charge in [-0.25, -0.2) is 0 Å². The maximum atomic E-state index is 12.7. The molecule has 18 heavy (non-hydrogen) atoms. The second-order valence-corrected chi connectivity index (χ2v) is 3.64. The van der Waals surface area contributed by atoms with Crippen molar-refractivity contribution in [3.05, 3.63) is 28.8 Å². The molecule has 0 saturated carbocycles. The van der Waals surface area contributed by atoms with E-state index in [1.165, 1.54) is 12.1 Å². The average molecular weight is 279 g/mol. The van der Waals surface area contributed by atoms with E-state index < -0.39 is 11.7 Å². The molecule has 5 nitrogen and oxygen atoms in total. The molecule has 0 saturated heterocycles. The highest BCUT2D eigenvalue weighted by molar-refractivity contribution is 6.33. The average Bonchev–Trinajstić information content (AvgIpc) is 2.65. The lowest BCUT2D eigenvalue weighted by atomic mass is 10.1. The predicted octanol–water partition coefficient (Wildman–Crippen LogP) is 3.07. The number of rotatable bonds is 2. The molecule has 0 amide bonds. The number of aromatic nitrogens is 2. The Morgan fingerprint density at radius 3 is 2.56 bits per heavy atom. The minimum atomic E-state index is -4.56. The van der Waals surface area contributed by atoms with Crippen molar-refractivity contribution in [2.75, 3.05) is 11.1 Å². The number of nitrogens with zero attached hydrogens (tertiary/aromatic N) is 2. The second kappa shape index (κ2) is 4.37. The Labute approximate surface area is 104 Å². The molecule has 96 valence electrons. The van der Waals surface area contributed by atoms with Crippen LogP contribution in [0, 0.1) is 0 Å². The monoisotopic (exact) mass is 278 g/mol. The summed E-state index contributed by atoms with van der Waals surface area (Å²) in [5.41, 5.74) is 3.86. The number of nitrogens with one attached hydrogen (secondary N) is 1. The molecule has 0 aliphatic carbocycles. The first kappa shape index (κ1) is 12.5. The first-order valence-corrected chi connectivity index (χ1v) is 4.97. The molecule has 2 aromatic rings. The van der Waals surface area contributed by atoms with E-state index in [9.17, 15) is 13.2 Å². The molecular weight excluding hydrogens is 273 g/mol. The molecule has 1 heterocycles. The number of alkyl halides is 3. The number of para-hydroxylation sites is 1. The van der Waals surface area contributed by atoms with Crippen LogP contribution in [0.5, 0.6) is 0 Å². The smallest absolute Gasteiger partial charge is 0.389 e. The van der Waals surface area contributed by atoms with Crippen LogP contribution in [-0.2, 0) is 6.18 Å². The topological polar surface area (TPSA) is 77.0 Å². The summed E-state index contributed by atoms with van der Waals surface area (Å²) in [6.07, 6.45) is -4.56. The first-order chi connectivity index (χ1) is 8.38. The lowest BCUT2D eigenvalue weighted by molar-refractivity contribution is -0.136. The van der Waals surface area contributed by atoms with Crippen molar-refractivity contribution in [1.29, 1.82) is 0 Å². The fourth-order valence-corrected chi connectivity index (χ4v) is 1.50. The van der Waals surface area contributed by atoms with Gasteiger partial charge in [-0.3, -0.25) is 0 Å². The van der Waals surface area contributed by atoms with Gasteiger partial charge in [-0.1, -0.05) is 27.9 Å². The summed E-state index contributed by atoms with van der Waals surface area (Å²) in [6, 6.07) is 2.84. The van der Waals surface area contributed by atoms with Crippen LogP contribution >= 0.6 is 11.6 Å². The third kappa shape index (κ3) is 2.48. The molecule has 2 rings (SSSR count). The Morgan fingerprint density at radius 1 is 1.28 bits per heavy atom. The van der Waals surface area contributed by atoms with Crippen LogP contribution in [0.15, 0.2) is 22.6 Å². The van der Waals surface area contributed by atoms with Crippen LogP contribution in [0.2, 0.25) is 5.02 Å². The zero-order chi connectivity index (χ0) is 13.3. The lowest BCUT2D eigenvalue weighted by Gasteiger charge is -2.13. The molecule has 0 aliphatic heterocycles. The molecule has 0 bridgehead atoms. The highest BCUT2D eigenvalue weighted by Crippen LogP contribution is 2.39. The van der Waals surface area contributed by atoms with E-state index in [-0.39, 0.29) is 22.7 Å². The second-order valence-electron chi connectivity index (χ2n) is 3.23. The van der Waals surface area contributed by atoms with Crippen LogP contribution in [0.25, 0.3) is 0 Å². The van der Waals surface area contributed by atoms with Crippen molar-refractivity contribution in [2.45, 2.75) is 6.18 Å². The number of halogens is 4. The van der Waals surface area contributed by atoms with Gasteiger partial charge in [-0.05, 0) is 12.1 Å². The molecule has 0 spiro atoms. The Morgan fingerprint density at radius 2 is 2.00 bits per heavy atom. The normalized spacial score (nSPS) is 11.6. The standard InChI is InChI=1S/C9H6ClF3N4O/c10-5-3-1-2-4(9(11,12)13)6(5)15-8-17-16-7(14)18-8/h1-3H,(H2,14,16)(H,15,17). The fraction of sp³-hybridized carbons (Fsp3) is 0.111. The summed E-state index contributed by atoms with van der Waals surface area (Å²) in [6.45, 7) is 0. The van der Waals surface area contributed by atoms with Gasteiger partial charge >= 0.3 is 18.2 Å². The zero-order valence-corrected chi connectivity index (χ0v) is 9.38. The fourth-order valence-electron chi connectivity index (χ4n) is 1.28. The number of nitrogens with two attached hydrogens (primary N) is 1. The maximum absolute atomic E-state index is 12.7. The number of nitrogen functional groups attached to an aromatic ring is 1. The van der Waals surface area contributed by atoms with E-state index in [1.54, 1.807) is 0 Å². The summed E-state index contributed by atoms with van der Waals surface area (Å²) in [4.78, 5) is 0. The van der Waals surface area contributed by atoms with E-state index >= 15 is 0 Å². The minimum absolute atomic E-state index is 0.124. The Balaban J connectivity index is 2.43. The van der Waals surface area contributed by atoms with Gasteiger partial charge in [0.05, 0.1) is 16.3 Å². The van der Waals surface area contributed by atoms with Crippen molar-refractivity contribution in [3.8, 4) is 0 Å². The molecule has 0 aliphatic rings. The lowest BCUT2D eigenvalue weighted by Crippen LogP contribution is -2.09. The van der Waals surface area contributed by atoms with Crippen LogP contribution < -0.4 is 11.1 Å². The van der Waals surface area contributed by atoms with Crippen LogP contribution in [0.3, 0.4) is 0 Å². The third-order valence-corrected chi connectivity index (χ3v) is 2.31. The van der Waals surface area contributed by atoms with Crippen LogP contribution in [-0.4, -0.2) is 10.2 Å². The van der Waals surface area contributed by atoms with E-state index in [2.05, 4.69) is 15.5 Å². The molecule has 9 heteroatoms. The summed E-state index contributed by atoms with van der Waals surface area (Å²) in [5, 5.41) is 8.88. The van der Waals surface area contributed by atoms with Gasteiger partial charge in [0, 0.05) is 0 Å². The van der Waals surface area contributed by atoms with E-state index in [4.69, 9.17) is 21.8 Å². The minimum Gasteiger partial charge on any atom is -0.389 e. The third-order valence-electron chi connectivity index (χ3n) is 1.99. The van der Waals surface area contributed by atoms with E-state index in [0.29, 0.717) is 0 Å². The van der Waals surface area contributed by atoms with Gasteiger partial charge in [-0.2, -0.15) is 13.2 Å². The molecule has 0 radical (unpaired) electrons. The van der Waals surface area contributed by atoms with Gasteiger partial charge < -0.3 is 15.5 Å². The van der Waals surface area contributed by atoms with Crippen LogP contribution in [0.4, 0.5) is 30.9 Å². The molecule has 0 unspecified atom stereocenters. The highest BCUT2D eigenvalue weighted by atomic mass is 35.5. The van der Waals surface area contributed by atoms with Crippen molar-refractivity contribution in [3.63, 3.8) is 0 Å². The Kier molecular flexibility index (Phi) is 3.04. The van der Waals surface area contributed by atoms with Gasteiger partial charge in [-0.15, -0.1) is 0 Å². The quantitative estimate of drug-likeness (QED) is 0.883. The predicted molar refractivity (Wildman–Crippen MR) is 58.4 cm³/mol. The summed E-state index contributed by atoms with van der Waals surface area (Å²) >= 11 is 5.71. The number of hydrogen-bond donors (Lipinski definition) is 2. The van der Waals surface area contributed by atoms with Crippen molar-refractivity contribution in [2.24, 2.45) is 0 Å². The molecule has 1 aromatic carbocycles. The number of anilines is 3. The molecular formula is C9H6ClF3N4O.